The maximum absolute atomic E-state index is 12.8. The van der Waals surface area contributed by atoms with Crippen LogP contribution in [0.1, 0.15) is 44.7 Å². The number of carbonyl (C=O) groups excluding carboxylic acids is 1. The maximum Gasteiger partial charge on any atom is 0.252 e. The second-order valence-electron chi connectivity index (χ2n) is 7.31. The van der Waals surface area contributed by atoms with E-state index in [1.165, 1.54) is 22.3 Å². The van der Waals surface area contributed by atoms with Crippen LogP contribution in [0.25, 0.3) is 0 Å². The van der Waals surface area contributed by atoms with Gasteiger partial charge in [0.2, 0.25) is 0 Å². The van der Waals surface area contributed by atoms with Crippen LogP contribution in [0, 0.1) is 13.8 Å². The molecule has 0 aliphatic carbocycles. The Kier molecular flexibility index (Phi) is 5.27. The molecule has 3 aromatic rings. The maximum atomic E-state index is 12.8. The van der Waals surface area contributed by atoms with Gasteiger partial charge in [0.1, 0.15) is 18.4 Å². The van der Waals surface area contributed by atoms with E-state index in [2.05, 4.69) is 25.5 Å². The van der Waals surface area contributed by atoms with Crippen LogP contribution in [0.15, 0.2) is 22.6 Å². The van der Waals surface area contributed by atoms with Crippen LogP contribution >= 0.6 is 11.3 Å². The number of amides is 1. The van der Waals surface area contributed by atoms with Crippen molar-refractivity contribution in [1.82, 2.24) is 30.1 Å². The van der Waals surface area contributed by atoms with E-state index in [0.29, 0.717) is 6.54 Å². The summed E-state index contributed by atoms with van der Waals surface area (Å²) in [4.78, 5) is 20.4. The van der Waals surface area contributed by atoms with Gasteiger partial charge in [-0.25, -0.2) is 4.98 Å². The Morgan fingerprint density at radius 2 is 2.29 bits per heavy atom. The molecule has 148 valence electrons. The van der Waals surface area contributed by atoms with Crippen molar-refractivity contribution in [3.63, 3.8) is 0 Å². The summed E-state index contributed by atoms with van der Waals surface area (Å²) in [7, 11) is 0. The van der Waals surface area contributed by atoms with Crippen LogP contribution < -0.4 is 5.32 Å². The summed E-state index contributed by atoms with van der Waals surface area (Å²) >= 11 is 1.67. The highest BCUT2D eigenvalue weighted by Crippen LogP contribution is 2.30. The summed E-state index contributed by atoms with van der Waals surface area (Å²) in [5.74, 6) is 0.875. The molecular formula is C19H24N6O2S. The summed E-state index contributed by atoms with van der Waals surface area (Å²) in [5.41, 5.74) is 4.11. The average Bonchev–Trinajstić information content (AvgIpc) is 3.38. The molecule has 9 heteroatoms. The number of thiophene rings is 1. The van der Waals surface area contributed by atoms with Gasteiger partial charge in [-0.05, 0) is 32.8 Å². The number of rotatable bonds is 6. The molecule has 0 aromatic carbocycles. The van der Waals surface area contributed by atoms with Crippen molar-refractivity contribution in [3.8, 4) is 0 Å². The highest BCUT2D eigenvalue weighted by molar-refractivity contribution is 7.10. The van der Waals surface area contributed by atoms with E-state index in [4.69, 9.17) is 4.52 Å². The third-order valence-corrected chi connectivity index (χ3v) is 6.15. The van der Waals surface area contributed by atoms with Crippen LogP contribution in [-0.4, -0.2) is 43.3 Å². The Bertz CT molecular complexity index is 942. The molecule has 1 amide bonds. The lowest BCUT2D eigenvalue weighted by Gasteiger charge is -2.27. The number of fused-ring (bicyclic) bond motifs is 1. The van der Waals surface area contributed by atoms with Gasteiger partial charge in [0.05, 0.1) is 17.8 Å². The van der Waals surface area contributed by atoms with Gasteiger partial charge in [0.25, 0.3) is 5.91 Å². The molecule has 1 aliphatic rings. The minimum Gasteiger partial charge on any atom is -0.361 e. The van der Waals surface area contributed by atoms with Crippen LogP contribution in [0.4, 0.5) is 0 Å². The monoisotopic (exact) mass is 400 g/mol. The van der Waals surface area contributed by atoms with E-state index in [1.54, 1.807) is 22.3 Å². The third kappa shape index (κ3) is 3.85. The minimum absolute atomic E-state index is 0.00992. The Morgan fingerprint density at radius 1 is 1.43 bits per heavy atom. The second-order valence-corrected chi connectivity index (χ2v) is 8.27. The molecule has 28 heavy (non-hydrogen) atoms. The summed E-state index contributed by atoms with van der Waals surface area (Å²) in [5, 5.41) is 13.2. The Balaban J connectivity index is 1.40. The largest absolute Gasteiger partial charge is 0.361 e. The fraction of sp³-hybridized carbons (Fsp3) is 0.474. The van der Waals surface area contributed by atoms with E-state index in [1.807, 2.05) is 26.2 Å². The number of carbonyl (C=O) groups is 1. The number of hydrogen-bond acceptors (Lipinski definition) is 7. The van der Waals surface area contributed by atoms with Crippen molar-refractivity contribution in [2.75, 3.05) is 6.54 Å². The molecule has 0 saturated heterocycles. The number of hydrogen-bond donors (Lipinski definition) is 1. The predicted octanol–water partition coefficient (Wildman–Crippen LogP) is 2.32. The Hall–Kier alpha value is -2.52. The molecule has 0 fully saturated rings. The first-order valence-electron chi connectivity index (χ1n) is 9.38. The fourth-order valence-electron chi connectivity index (χ4n) is 3.61. The first-order chi connectivity index (χ1) is 13.5. The normalized spacial score (nSPS) is 15.4. The number of aromatic nitrogens is 4. The molecule has 0 spiro atoms. The van der Waals surface area contributed by atoms with Gasteiger partial charge in [0.15, 0.2) is 0 Å². The minimum atomic E-state index is -0.0237. The van der Waals surface area contributed by atoms with Gasteiger partial charge in [0, 0.05) is 41.5 Å². The van der Waals surface area contributed by atoms with Gasteiger partial charge in [-0.15, -0.1) is 11.3 Å². The Labute approximate surface area is 167 Å². The lowest BCUT2D eigenvalue weighted by Crippen LogP contribution is -2.37. The van der Waals surface area contributed by atoms with Crippen LogP contribution in [0.3, 0.4) is 0 Å². The molecule has 1 aliphatic heterocycles. The van der Waals surface area contributed by atoms with E-state index in [0.717, 1.165) is 43.1 Å². The molecule has 4 rings (SSSR count). The zero-order valence-electron chi connectivity index (χ0n) is 16.3. The number of aryl methyl sites for hydroxylation is 2. The summed E-state index contributed by atoms with van der Waals surface area (Å²) in [6.07, 6.45) is 4.03. The van der Waals surface area contributed by atoms with Crippen LogP contribution in [0.2, 0.25) is 0 Å². The molecule has 8 nitrogen and oxygen atoms in total. The quantitative estimate of drug-likeness (QED) is 0.683. The van der Waals surface area contributed by atoms with E-state index in [9.17, 15) is 4.79 Å². The lowest BCUT2D eigenvalue weighted by molar-refractivity contribution is 0.0934. The third-order valence-electron chi connectivity index (χ3n) is 5.14. The van der Waals surface area contributed by atoms with Crippen molar-refractivity contribution in [3.05, 3.63) is 51.1 Å². The topological polar surface area (TPSA) is 89.1 Å². The molecule has 0 unspecified atom stereocenters. The van der Waals surface area contributed by atoms with Gasteiger partial charge < -0.3 is 9.84 Å². The highest BCUT2D eigenvalue weighted by Gasteiger charge is 2.25. The zero-order chi connectivity index (χ0) is 19.7. The molecule has 0 radical (unpaired) electrons. The molecule has 1 atom stereocenters. The fourth-order valence-corrected chi connectivity index (χ4v) is 4.73. The predicted molar refractivity (Wildman–Crippen MR) is 105 cm³/mol. The SMILES string of the molecule is Cc1noc(C)c1CN1CCc2c(C(=O)N[C@@H](C)Cn3cncn3)csc2C1. The van der Waals surface area contributed by atoms with Gasteiger partial charge in [-0.3, -0.25) is 14.4 Å². The summed E-state index contributed by atoms with van der Waals surface area (Å²) < 4.78 is 7.00. The van der Waals surface area contributed by atoms with E-state index < -0.39 is 0 Å². The summed E-state index contributed by atoms with van der Waals surface area (Å²) in [6, 6.07) is -0.0237. The second kappa shape index (κ2) is 7.84. The van der Waals surface area contributed by atoms with Crippen LogP contribution in [0.5, 0.6) is 0 Å². The van der Waals surface area contributed by atoms with Crippen molar-refractivity contribution >= 4 is 17.2 Å². The first kappa shape index (κ1) is 18.8. The smallest absolute Gasteiger partial charge is 0.252 e. The van der Waals surface area contributed by atoms with E-state index >= 15 is 0 Å². The highest BCUT2D eigenvalue weighted by atomic mass is 32.1. The first-order valence-corrected chi connectivity index (χ1v) is 10.3. The van der Waals surface area contributed by atoms with Gasteiger partial charge in [-0.1, -0.05) is 5.16 Å². The van der Waals surface area contributed by atoms with Crippen molar-refractivity contribution in [2.45, 2.75) is 52.9 Å². The molecule has 0 saturated carbocycles. The number of nitrogens with zero attached hydrogens (tertiary/aromatic N) is 5. The summed E-state index contributed by atoms with van der Waals surface area (Å²) in [6.45, 7) is 9.12. The van der Waals surface area contributed by atoms with Gasteiger partial charge >= 0.3 is 0 Å². The Morgan fingerprint density at radius 3 is 3.00 bits per heavy atom. The van der Waals surface area contributed by atoms with E-state index in [-0.39, 0.29) is 11.9 Å². The molecule has 3 aromatic heterocycles. The number of nitrogens with one attached hydrogen (secondary N) is 1. The molecule has 1 N–H and O–H groups in total. The zero-order valence-corrected chi connectivity index (χ0v) is 17.1. The lowest BCUT2D eigenvalue weighted by atomic mass is 10.0. The van der Waals surface area contributed by atoms with Crippen LogP contribution in [-0.2, 0) is 26.1 Å². The van der Waals surface area contributed by atoms with Crippen molar-refractivity contribution in [2.24, 2.45) is 0 Å². The van der Waals surface area contributed by atoms with Crippen molar-refractivity contribution in [1.29, 1.82) is 0 Å². The molecular weight excluding hydrogens is 376 g/mol. The standard InChI is InChI=1S/C19H24N6O2S/c1-12(6-25-11-20-10-21-25)22-19(26)17-9-28-18-8-24(5-4-15(17)18)7-16-13(2)23-27-14(16)3/h9-12H,4-8H2,1-3H3,(H,22,26)/t12-/m0/s1. The van der Waals surface area contributed by atoms with Crippen molar-refractivity contribution < 1.29 is 9.32 Å². The average molecular weight is 401 g/mol. The van der Waals surface area contributed by atoms with Gasteiger partial charge in [-0.2, -0.15) is 5.10 Å². The molecule has 4 heterocycles. The molecule has 0 bridgehead atoms.